The van der Waals surface area contributed by atoms with Crippen molar-refractivity contribution < 1.29 is 15.0 Å². The molecule has 0 spiro atoms. The molecule has 14 heavy (non-hydrogen) atoms. The molecule has 0 aliphatic rings. The Balaban J connectivity index is 3.48. The van der Waals surface area contributed by atoms with Gasteiger partial charge in [-0.2, -0.15) is 0 Å². The van der Waals surface area contributed by atoms with Crippen LogP contribution in [-0.2, 0) is 6.61 Å². The molecule has 76 valence electrons. The van der Waals surface area contributed by atoms with E-state index in [1.807, 2.05) is 13.8 Å². The van der Waals surface area contributed by atoms with E-state index >= 15 is 0 Å². The van der Waals surface area contributed by atoms with Crippen molar-refractivity contribution in [3.05, 3.63) is 33.9 Å². The van der Waals surface area contributed by atoms with E-state index in [1.165, 1.54) is 0 Å². The molecule has 0 unspecified atom stereocenters. The molecule has 1 aromatic rings. The van der Waals surface area contributed by atoms with Crippen molar-refractivity contribution in [1.29, 1.82) is 0 Å². The number of rotatable bonds is 2. The summed E-state index contributed by atoms with van der Waals surface area (Å²) in [4.78, 5) is 10.9. The summed E-state index contributed by atoms with van der Waals surface area (Å²) in [5.74, 6) is -0.944. The molecule has 2 N–H and O–H groups in total. The van der Waals surface area contributed by atoms with Crippen LogP contribution in [0.4, 0.5) is 0 Å². The SMILES string of the molecule is Cc1c(CO)cc(C(=O)O)c(C)c1C. The molecule has 1 aromatic carbocycles. The first kappa shape index (κ1) is 10.7. The standard InChI is InChI=1S/C11H14O3/c1-6-7(2)9(5-12)4-10(8(6)3)11(13)14/h4,12H,5H2,1-3H3,(H,13,14). The second-order valence-electron chi connectivity index (χ2n) is 3.42. The third kappa shape index (κ3) is 1.63. The second-order valence-corrected chi connectivity index (χ2v) is 3.42. The molecular weight excluding hydrogens is 180 g/mol. The van der Waals surface area contributed by atoms with Crippen molar-refractivity contribution in [2.24, 2.45) is 0 Å². The summed E-state index contributed by atoms with van der Waals surface area (Å²) in [7, 11) is 0. The Labute approximate surface area is 83.0 Å². The highest BCUT2D eigenvalue weighted by molar-refractivity contribution is 5.90. The number of hydrogen-bond donors (Lipinski definition) is 2. The van der Waals surface area contributed by atoms with Gasteiger partial charge in [-0.1, -0.05) is 0 Å². The molecule has 0 amide bonds. The number of hydrogen-bond acceptors (Lipinski definition) is 2. The minimum absolute atomic E-state index is 0.118. The number of carbonyl (C=O) groups is 1. The van der Waals surface area contributed by atoms with E-state index in [0.29, 0.717) is 5.56 Å². The molecule has 0 bridgehead atoms. The molecule has 0 heterocycles. The fourth-order valence-corrected chi connectivity index (χ4v) is 1.50. The van der Waals surface area contributed by atoms with Gasteiger partial charge in [0, 0.05) is 0 Å². The molecule has 0 aromatic heterocycles. The Morgan fingerprint density at radius 1 is 1.21 bits per heavy atom. The molecular formula is C11H14O3. The van der Waals surface area contributed by atoms with Gasteiger partial charge in [0.2, 0.25) is 0 Å². The molecule has 3 nitrogen and oxygen atoms in total. The van der Waals surface area contributed by atoms with Crippen molar-refractivity contribution in [1.82, 2.24) is 0 Å². The highest BCUT2D eigenvalue weighted by atomic mass is 16.4. The Kier molecular flexibility index (Phi) is 2.91. The quantitative estimate of drug-likeness (QED) is 0.754. The van der Waals surface area contributed by atoms with Gasteiger partial charge >= 0.3 is 5.97 Å². The minimum Gasteiger partial charge on any atom is -0.478 e. The number of aliphatic hydroxyl groups excluding tert-OH is 1. The van der Waals surface area contributed by atoms with Gasteiger partial charge in [0.05, 0.1) is 12.2 Å². The summed E-state index contributed by atoms with van der Waals surface area (Å²) >= 11 is 0. The Bertz CT molecular complexity index is 381. The number of carboxylic acids is 1. The summed E-state index contributed by atoms with van der Waals surface area (Å²) in [6, 6.07) is 1.54. The summed E-state index contributed by atoms with van der Waals surface area (Å²) in [5, 5.41) is 18.0. The molecule has 0 aliphatic heterocycles. The van der Waals surface area contributed by atoms with Gasteiger partial charge in [-0.3, -0.25) is 0 Å². The van der Waals surface area contributed by atoms with Crippen LogP contribution in [0.2, 0.25) is 0 Å². The number of carboxylic acid groups (broad SMARTS) is 1. The minimum atomic E-state index is -0.944. The predicted octanol–water partition coefficient (Wildman–Crippen LogP) is 1.80. The highest BCUT2D eigenvalue weighted by Crippen LogP contribution is 2.21. The molecule has 1 rings (SSSR count). The van der Waals surface area contributed by atoms with Crippen LogP contribution >= 0.6 is 0 Å². The van der Waals surface area contributed by atoms with Crippen LogP contribution in [0.5, 0.6) is 0 Å². The van der Waals surface area contributed by atoms with Gasteiger partial charge < -0.3 is 10.2 Å². The van der Waals surface area contributed by atoms with E-state index < -0.39 is 5.97 Å². The molecule has 3 heteroatoms. The molecule has 0 saturated carbocycles. The van der Waals surface area contributed by atoms with Gasteiger partial charge in [0.1, 0.15) is 0 Å². The Morgan fingerprint density at radius 3 is 2.21 bits per heavy atom. The zero-order chi connectivity index (χ0) is 10.9. The smallest absolute Gasteiger partial charge is 0.335 e. The maximum absolute atomic E-state index is 10.9. The van der Waals surface area contributed by atoms with Crippen LogP contribution in [0, 0.1) is 20.8 Å². The lowest BCUT2D eigenvalue weighted by atomic mass is 9.94. The zero-order valence-corrected chi connectivity index (χ0v) is 8.59. The van der Waals surface area contributed by atoms with Crippen LogP contribution in [-0.4, -0.2) is 16.2 Å². The Morgan fingerprint density at radius 2 is 1.79 bits per heavy atom. The lowest BCUT2D eigenvalue weighted by molar-refractivity contribution is 0.0696. The summed E-state index contributed by atoms with van der Waals surface area (Å²) in [6.07, 6.45) is 0. The average molecular weight is 194 g/mol. The van der Waals surface area contributed by atoms with Crippen LogP contribution in [0.3, 0.4) is 0 Å². The van der Waals surface area contributed by atoms with Crippen molar-refractivity contribution in [3.63, 3.8) is 0 Å². The largest absolute Gasteiger partial charge is 0.478 e. The van der Waals surface area contributed by atoms with E-state index in [1.54, 1.807) is 13.0 Å². The van der Waals surface area contributed by atoms with Gasteiger partial charge in [0.25, 0.3) is 0 Å². The lowest BCUT2D eigenvalue weighted by Gasteiger charge is -2.12. The molecule has 0 aliphatic carbocycles. The van der Waals surface area contributed by atoms with Crippen molar-refractivity contribution in [2.75, 3.05) is 0 Å². The van der Waals surface area contributed by atoms with Crippen LogP contribution in [0.15, 0.2) is 6.07 Å². The Hall–Kier alpha value is -1.35. The lowest BCUT2D eigenvalue weighted by Crippen LogP contribution is -2.05. The molecule has 0 fully saturated rings. The van der Waals surface area contributed by atoms with Crippen molar-refractivity contribution in [3.8, 4) is 0 Å². The summed E-state index contributed by atoms with van der Waals surface area (Å²) in [6.45, 7) is 5.43. The third-order valence-electron chi connectivity index (χ3n) is 2.73. The monoisotopic (exact) mass is 194 g/mol. The van der Waals surface area contributed by atoms with E-state index in [-0.39, 0.29) is 12.2 Å². The number of aliphatic hydroxyl groups is 1. The zero-order valence-electron chi connectivity index (χ0n) is 8.59. The van der Waals surface area contributed by atoms with Crippen LogP contribution in [0.1, 0.15) is 32.6 Å². The van der Waals surface area contributed by atoms with E-state index in [4.69, 9.17) is 10.2 Å². The maximum Gasteiger partial charge on any atom is 0.335 e. The van der Waals surface area contributed by atoms with Crippen LogP contribution < -0.4 is 0 Å². The van der Waals surface area contributed by atoms with Gasteiger partial charge in [-0.05, 0) is 49.1 Å². The normalized spacial score (nSPS) is 10.3. The van der Waals surface area contributed by atoms with Gasteiger partial charge in [-0.25, -0.2) is 4.79 Å². The molecule has 0 atom stereocenters. The fourth-order valence-electron chi connectivity index (χ4n) is 1.50. The first-order valence-corrected chi connectivity index (χ1v) is 4.42. The average Bonchev–Trinajstić information content (AvgIpc) is 2.14. The van der Waals surface area contributed by atoms with E-state index in [2.05, 4.69) is 0 Å². The molecule has 0 saturated heterocycles. The third-order valence-corrected chi connectivity index (χ3v) is 2.73. The van der Waals surface area contributed by atoms with Gasteiger partial charge in [0.15, 0.2) is 0 Å². The van der Waals surface area contributed by atoms with Crippen molar-refractivity contribution in [2.45, 2.75) is 27.4 Å². The summed E-state index contributed by atoms with van der Waals surface area (Å²) < 4.78 is 0. The predicted molar refractivity (Wildman–Crippen MR) is 53.5 cm³/mol. The fraction of sp³-hybridized carbons (Fsp3) is 0.364. The number of aromatic carboxylic acids is 1. The second kappa shape index (κ2) is 3.80. The van der Waals surface area contributed by atoms with Crippen molar-refractivity contribution >= 4 is 5.97 Å². The first-order chi connectivity index (χ1) is 6.49. The van der Waals surface area contributed by atoms with Gasteiger partial charge in [-0.15, -0.1) is 0 Å². The van der Waals surface area contributed by atoms with Crippen LogP contribution in [0.25, 0.3) is 0 Å². The van der Waals surface area contributed by atoms with E-state index in [0.717, 1.165) is 16.7 Å². The maximum atomic E-state index is 10.9. The van der Waals surface area contributed by atoms with E-state index in [9.17, 15) is 4.79 Å². The molecule has 0 radical (unpaired) electrons. The first-order valence-electron chi connectivity index (χ1n) is 4.42. The highest BCUT2D eigenvalue weighted by Gasteiger charge is 2.13. The summed E-state index contributed by atoms with van der Waals surface area (Å²) in [5.41, 5.74) is 3.64. The number of benzene rings is 1. The topological polar surface area (TPSA) is 57.5 Å².